The number of para-hydroxylation sites is 1. The van der Waals surface area contributed by atoms with Crippen LogP contribution in [0.25, 0.3) is 0 Å². The fourth-order valence-electron chi connectivity index (χ4n) is 7.43. The Balaban J connectivity index is 1.31. The molecule has 160 valence electrons. The number of hydrogen-bond acceptors (Lipinski definition) is 4. The van der Waals surface area contributed by atoms with Crippen molar-refractivity contribution in [3.63, 3.8) is 0 Å². The Kier molecular flexibility index (Phi) is 4.79. The van der Waals surface area contributed by atoms with Gasteiger partial charge in [0, 0.05) is 11.8 Å². The summed E-state index contributed by atoms with van der Waals surface area (Å²) >= 11 is 0. The van der Waals surface area contributed by atoms with Crippen molar-refractivity contribution in [2.45, 2.75) is 71.3 Å². The Labute approximate surface area is 179 Å². The topological polar surface area (TPSA) is 52.6 Å². The Hall–Kier alpha value is -2.10. The molecule has 3 saturated carbocycles. The van der Waals surface area contributed by atoms with Crippen molar-refractivity contribution < 1.29 is 19.1 Å². The molecule has 4 aliphatic rings. The highest BCUT2D eigenvalue weighted by Gasteiger charge is 2.60. The van der Waals surface area contributed by atoms with Crippen LogP contribution >= 0.6 is 0 Å². The first kappa shape index (κ1) is 19.8. The van der Waals surface area contributed by atoms with Gasteiger partial charge in [-0.1, -0.05) is 37.6 Å². The lowest BCUT2D eigenvalue weighted by Gasteiger charge is -2.57. The van der Waals surface area contributed by atoms with Crippen LogP contribution in [0.15, 0.2) is 42.0 Å². The van der Waals surface area contributed by atoms with Crippen LogP contribution in [0.2, 0.25) is 0 Å². The Morgan fingerprint density at radius 3 is 2.57 bits per heavy atom. The summed E-state index contributed by atoms with van der Waals surface area (Å²) in [7, 11) is 0. The SMILES string of the molecule is C[C@]12CC[C@H]3[C@@H](CCC4=CC(=O)CC[C@@]43C)[C@@H]1CC[C@@H]2OC(=O)Oc1ccccc1. The van der Waals surface area contributed by atoms with Gasteiger partial charge in [-0.25, -0.2) is 4.79 Å². The Morgan fingerprint density at radius 1 is 0.967 bits per heavy atom. The average molecular weight is 409 g/mol. The lowest BCUT2D eigenvalue weighted by molar-refractivity contribution is -0.118. The van der Waals surface area contributed by atoms with Gasteiger partial charge in [-0.05, 0) is 86.3 Å². The van der Waals surface area contributed by atoms with E-state index >= 15 is 0 Å². The van der Waals surface area contributed by atoms with Crippen molar-refractivity contribution >= 4 is 11.9 Å². The second kappa shape index (κ2) is 7.25. The Morgan fingerprint density at radius 2 is 1.77 bits per heavy atom. The molecule has 6 atom stereocenters. The maximum Gasteiger partial charge on any atom is 0.514 e. The maximum absolute atomic E-state index is 12.5. The summed E-state index contributed by atoms with van der Waals surface area (Å²) in [5.41, 5.74) is 1.61. The van der Waals surface area contributed by atoms with E-state index in [4.69, 9.17) is 9.47 Å². The monoisotopic (exact) mass is 408 g/mol. The van der Waals surface area contributed by atoms with Gasteiger partial charge in [0.25, 0.3) is 0 Å². The number of ether oxygens (including phenoxy) is 2. The van der Waals surface area contributed by atoms with Gasteiger partial charge >= 0.3 is 6.16 Å². The number of benzene rings is 1. The van der Waals surface area contributed by atoms with Crippen LogP contribution in [0.3, 0.4) is 0 Å². The third-order valence-corrected chi connectivity index (χ3v) is 9.06. The van der Waals surface area contributed by atoms with Crippen molar-refractivity contribution in [2.24, 2.45) is 28.6 Å². The molecule has 0 saturated heterocycles. The maximum atomic E-state index is 12.5. The lowest BCUT2D eigenvalue weighted by atomic mass is 9.47. The molecule has 0 aliphatic heterocycles. The van der Waals surface area contributed by atoms with E-state index in [0.29, 0.717) is 35.7 Å². The third-order valence-electron chi connectivity index (χ3n) is 9.06. The van der Waals surface area contributed by atoms with Crippen LogP contribution in [-0.2, 0) is 9.53 Å². The van der Waals surface area contributed by atoms with E-state index in [1.54, 1.807) is 12.1 Å². The van der Waals surface area contributed by atoms with E-state index in [0.717, 1.165) is 38.5 Å². The highest BCUT2D eigenvalue weighted by molar-refractivity contribution is 5.91. The smallest absolute Gasteiger partial charge is 0.430 e. The second-order valence-electron chi connectivity index (χ2n) is 10.4. The van der Waals surface area contributed by atoms with Gasteiger partial charge in [0.1, 0.15) is 11.9 Å². The zero-order valence-electron chi connectivity index (χ0n) is 18.1. The highest BCUT2D eigenvalue weighted by Crippen LogP contribution is 2.65. The van der Waals surface area contributed by atoms with Crippen LogP contribution in [0.1, 0.15) is 65.2 Å². The highest BCUT2D eigenvalue weighted by atomic mass is 16.7. The minimum atomic E-state index is -0.582. The van der Waals surface area contributed by atoms with Crippen LogP contribution in [0, 0.1) is 28.6 Å². The normalized spacial score (nSPS) is 39.9. The molecule has 5 rings (SSSR count). The number of fused-ring (bicyclic) bond motifs is 5. The molecule has 1 aromatic carbocycles. The van der Waals surface area contributed by atoms with Gasteiger partial charge < -0.3 is 9.47 Å². The van der Waals surface area contributed by atoms with Gasteiger partial charge in [0.2, 0.25) is 0 Å². The molecule has 0 unspecified atom stereocenters. The van der Waals surface area contributed by atoms with Gasteiger partial charge in [0.15, 0.2) is 5.78 Å². The lowest BCUT2D eigenvalue weighted by Crippen LogP contribution is -2.51. The largest absolute Gasteiger partial charge is 0.514 e. The first-order valence-electron chi connectivity index (χ1n) is 11.6. The summed E-state index contributed by atoms with van der Waals surface area (Å²) < 4.78 is 11.3. The molecule has 3 fully saturated rings. The van der Waals surface area contributed by atoms with Gasteiger partial charge in [-0.3, -0.25) is 4.79 Å². The molecule has 0 spiro atoms. The first-order chi connectivity index (χ1) is 14.4. The summed E-state index contributed by atoms with van der Waals surface area (Å²) in [6.07, 6.45) is 9.52. The quantitative estimate of drug-likeness (QED) is 0.438. The summed E-state index contributed by atoms with van der Waals surface area (Å²) in [5.74, 6) is 2.74. The van der Waals surface area contributed by atoms with Crippen molar-refractivity contribution in [1.82, 2.24) is 0 Å². The van der Waals surface area contributed by atoms with Crippen LogP contribution in [-0.4, -0.2) is 18.0 Å². The zero-order chi connectivity index (χ0) is 20.9. The van der Waals surface area contributed by atoms with Crippen LogP contribution < -0.4 is 4.74 Å². The van der Waals surface area contributed by atoms with Crippen LogP contribution in [0.4, 0.5) is 4.79 Å². The number of allylic oxidation sites excluding steroid dienone is 1. The molecule has 4 heteroatoms. The van der Waals surface area contributed by atoms with E-state index in [1.165, 1.54) is 12.0 Å². The molecule has 0 radical (unpaired) electrons. The Bertz CT molecular complexity index is 874. The van der Waals surface area contributed by atoms with Gasteiger partial charge in [-0.15, -0.1) is 0 Å². The van der Waals surface area contributed by atoms with Crippen molar-refractivity contribution in [3.8, 4) is 5.75 Å². The van der Waals surface area contributed by atoms with Gasteiger partial charge in [0.05, 0.1) is 0 Å². The van der Waals surface area contributed by atoms with Crippen molar-refractivity contribution in [3.05, 3.63) is 42.0 Å². The molecule has 4 nitrogen and oxygen atoms in total. The van der Waals surface area contributed by atoms with E-state index in [-0.39, 0.29) is 16.9 Å². The molecule has 0 amide bonds. The minimum Gasteiger partial charge on any atom is -0.430 e. The van der Waals surface area contributed by atoms with Crippen LogP contribution in [0.5, 0.6) is 5.75 Å². The summed E-state index contributed by atoms with van der Waals surface area (Å²) in [6.45, 7) is 4.74. The fraction of sp³-hybridized carbons (Fsp3) is 0.615. The molecule has 4 aliphatic carbocycles. The second-order valence-corrected chi connectivity index (χ2v) is 10.4. The van der Waals surface area contributed by atoms with Crippen molar-refractivity contribution in [1.29, 1.82) is 0 Å². The molecular weight excluding hydrogens is 376 g/mol. The third kappa shape index (κ3) is 3.11. The standard InChI is InChI=1S/C26H32O4/c1-25-14-12-18(27)16-17(25)8-9-20-21-10-11-23(26(21,2)15-13-22(20)25)30-24(28)29-19-6-4-3-5-7-19/h3-7,16,20-23H,8-15H2,1-2H3/t20-,21-,22-,23-,25-,26-/m0/s1. The summed E-state index contributed by atoms with van der Waals surface area (Å²) in [6, 6.07) is 9.14. The number of hydrogen-bond donors (Lipinski definition) is 0. The molecule has 0 bridgehead atoms. The average Bonchev–Trinajstić information content (AvgIpc) is 3.05. The minimum absolute atomic E-state index is 0.0267. The molecule has 0 heterocycles. The van der Waals surface area contributed by atoms with Crippen molar-refractivity contribution in [2.75, 3.05) is 0 Å². The van der Waals surface area contributed by atoms with E-state index in [9.17, 15) is 9.59 Å². The predicted molar refractivity (Wildman–Crippen MR) is 114 cm³/mol. The molecule has 0 aromatic heterocycles. The van der Waals surface area contributed by atoms with E-state index < -0.39 is 6.16 Å². The molecule has 0 N–H and O–H groups in total. The number of rotatable bonds is 2. The zero-order valence-corrected chi connectivity index (χ0v) is 18.1. The predicted octanol–water partition coefficient (Wildman–Crippen LogP) is 6.10. The fourth-order valence-corrected chi connectivity index (χ4v) is 7.43. The summed E-state index contributed by atoms with van der Waals surface area (Å²) in [4.78, 5) is 24.4. The number of carbonyl (C=O) groups excluding carboxylic acids is 2. The van der Waals surface area contributed by atoms with Gasteiger partial charge in [-0.2, -0.15) is 0 Å². The molecular formula is C26H32O4. The molecule has 30 heavy (non-hydrogen) atoms. The summed E-state index contributed by atoms with van der Waals surface area (Å²) in [5, 5.41) is 0. The van der Waals surface area contributed by atoms with E-state index in [1.807, 2.05) is 24.3 Å². The number of ketones is 1. The number of carbonyl (C=O) groups is 2. The molecule has 1 aromatic rings. The van der Waals surface area contributed by atoms with E-state index in [2.05, 4.69) is 13.8 Å². The first-order valence-corrected chi connectivity index (χ1v) is 11.6.